The van der Waals surface area contributed by atoms with Gasteiger partial charge in [-0.1, -0.05) is 6.07 Å². The van der Waals surface area contributed by atoms with Crippen LogP contribution in [0.15, 0.2) is 24.4 Å². The van der Waals surface area contributed by atoms with Crippen LogP contribution in [0.25, 0.3) is 10.9 Å². The molecule has 0 unspecified atom stereocenters. The second-order valence-corrected chi connectivity index (χ2v) is 5.18. The van der Waals surface area contributed by atoms with Gasteiger partial charge in [0.1, 0.15) is 0 Å². The van der Waals surface area contributed by atoms with Crippen LogP contribution in [0.5, 0.6) is 0 Å². The lowest BCUT2D eigenvalue weighted by Crippen LogP contribution is -2.18. The van der Waals surface area contributed by atoms with Crippen molar-refractivity contribution >= 4 is 16.6 Å². The molecular weight excluding hydrogens is 222 g/mol. The molecule has 3 rings (SSSR count). The van der Waals surface area contributed by atoms with Crippen molar-refractivity contribution in [2.24, 2.45) is 0 Å². The van der Waals surface area contributed by atoms with Gasteiger partial charge in [0.15, 0.2) is 0 Å². The Bertz CT molecular complexity index is 571. The van der Waals surface area contributed by atoms with Gasteiger partial charge < -0.3 is 5.73 Å². The number of nitrogens with zero attached hydrogens (tertiary/aromatic N) is 2. The number of hydrogen-bond donors (Lipinski definition) is 1. The van der Waals surface area contributed by atoms with Crippen molar-refractivity contribution in [2.75, 3.05) is 18.8 Å². The van der Waals surface area contributed by atoms with Gasteiger partial charge in [-0.2, -0.15) is 0 Å². The average molecular weight is 241 g/mol. The molecule has 2 N–H and O–H groups in total. The fourth-order valence-corrected chi connectivity index (χ4v) is 2.69. The van der Waals surface area contributed by atoms with Crippen molar-refractivity contribution in [3.8, 4) is 0 Å². The first-order chi connectivity index (χ1) is 8.74. The molecule has 18 heavy (non-hydrogen) atoms. The Balaban J connectivity index is 1.93. The third-order valence-electron chi connectivity index (χ3n) is 3.81. The van der Waals surface area contributed by atoms with Crippen LogP contribution in [0.2, 0.25) is 0 Å². The van der Waals surface area contributed by atoms with Gasteiger partial charge in [0.2, 0.25) is 0 Å². The minimum Gasteiger partial charge on any atom is -0.398 e. The maximum Gasteiger partial charge on any atom is 0.0751 e. The van der Waals surface area contributed by atoms with E-state index in [9.17, 15) is 0 Å². The third kappa shape index (κ3) is 2.06. The molecule has 0 bridgehead atoms. The van der Waals surface area contributed by atoms with Gasteiger partial charge in [-0.25, -0.2) is 0 Å². The second-order valence-electron chi connectivity index (χ2n) is 5.18. The van der Waals surface area contributed by atoms with Crippen molar-refractivity contribution in [3.05, 3.63) is 35.5 Å². The van der Waals surface area contributed by atoms with E-state index >= 15 is 0 Å². The third-order valence-corrected chi connectivity index (χ3v) is 3.81. The molecule has 0 amide bonds. The van der Waals surface area contributed by atoms with Gasteiger partial charge in [-0.15, -0.1) is 0 Å². The van der Waals surface area contributed by atoms with Crippen molar-refractivity contribution in [1.29, 1.82) is 0 Å². The van der Waals surface area contributed by atoms with Crippen LogP contribution in [0.4, 0.5) is 5.69 Å². The number of pyridine rings is 1. The molecule has 0 radical (unpaired) electrons. The lowest BCUT2D eigenvalue weighted by Gasteiger charge is -2.15. The largest absolute Gasteiger partial charge is 0.398 e. The van der Waals surface area contributed by atoms with Gasteiger partial charge in [-0.05, 0) is 56.1 Å². The average Bonchev–Trinajstić information content (AvgIpc) is 2.87. The zero-order chi connectivity index (χ0) is 12.5. The number of aryl methyl sites for hydroxylation is 1. The first kappa shape index (κ1) is 11.5. The Morgan fingerprint density at radius 1 is 1.28 bits per heavy atom. The van der Waals surface area contributed by atoms with E-state index in [0.717, 1.165) is 23.3 Å². The van der Waals surface area contributed by atoms with Crippen LogP contribution in [0.3, 0.4) is 0 Å². The Kier molecular flexibility index (Phi) is 2.92. The highest BCUT2D eigenvalue weighted by Gasteiger charge is 2.12. The monoisotopic (exact) mass is 241 g/mol. The summed E-state index contributed by atoms with van der Waals surface area (Å²) < 4.78 is 0. The summed E-state index contributed by atoms with van der Waals surface area (Å²) in [6.07, 6.45) is 4.65. The topological polar surface area (TPSA) is 42.1 Å². The minimum absolute atomic E-state index is 0.822. The second kappa shape index (κ2) is 4.58. The molecule has 1 fully saturated rings. The molecule has 1 aliphatic rings. The molecule has 2 aromatic rings. The number of nitrogen functional groups attached to an aromatic ring is 1. The molecule has 2 heterocycles. The van der Waals surface area contributed by atoms with E-state index in [0.29, 0.717) is 0 Å². The number of aromatic nitrogens is 1. The van der Waals surface area contributed by atoms with E-state index in [1.807, 2.05) is 19.2 Å². The Morgan fingerprint density at radius 2 is 2.06 bits per heavy atom. The summed E-state index contributed by atoms with van der Waals surface area (Å²) in [4.78, 5) is 7.07. The Labute approximate surface area is 108 Å². The van der Waals surface area contributed by atoms with Gasteiger partial charge in [-0.3, -0.25) is 9.88 Å². The van der Waals surface area contributed by atoms with E-state index < -0.39 is 0 Å². The van der Waals surface area contributed by atoms with Crippen LogP contribution in [-0.4, -0.2) is 23.0 Å². The van der Waals surface area contributed by atoms with Crippen molar-refractivity contribution in [2.45, 2.75) is 26.3 Å². The van der Waals surface area contributed by atoms with Crippen LogP contribution in [0, 0.1) is 6.92 Å². The van der Waals surface area contributed by atoms with E-state index in [1.54, 1.807) is 0 Å². The molecular formula is C15H19N3. The van der Waals surface area contributed by atoms with Gasteiger partial charge in [0, 0.05) is 23.8 Å². The molecule has 3 nitrogen and oxygen atoms in total. The SMILES string of the molecule is Cc1c(N)ccc2cc(CN3CCCC3)cnc12. The summed E-state index contributed by atoms with van der Waals surface area (Å²) in [6, 6.07) is 6.28. The van der Waals surface area contributed by atoms with Gasteiger partial charge in [0.05, 0.1) is 5.52 Å². The van der Waals surface area contributed by atoms with Crippen molar-refractivity contribution in [1.82, 2.24) is 9.88 Å². The van der Waals surface area contributed by atoms with Crippen molar-refractivity contribution in [3.63, 3.8) is 0 Å². The van der Waals surface area contributed by atoms with Crippen LogP contribution >= 0.6 is 0 Å². The predicted molar refractivity (Wildman–Crippen MR) is 75.4 cm³/mol. The Hall–Kier alpha value is -1.61. The summed E-state index contributed by atoms with van der Waals surface area (Å²) in [5.74, 6) is 0. The number of rotatable bonds is 2. The zero-order valence-corrected chi connectivity index (χ0v) is 10.8. The zero-order valence-electron chi connectivity index (χ0n) is 10.8. The number of anilines is 1. The Morgan fingerprint density at radius 3 is 2.83 bits per heavy atom. The quantitative estimate of drug-likeness (QED) is 0.822. The molecule has 1 aromatic carbocycles. The molecule has 3 heteroatoms. The highest BCUT2D eigenvalue weighted by Crippen LogP contribution is 2.23. The fourth-order valence-electron chi connectivity index (χ4n) is 2.69. The van der Waals surface area contributed by atoms with E-state index in [-0.39, 0.29) is 0 Å². The first-order valence-corrected chi connectivity index (χ1v) is 6.60. The summed E-state index contributed by atoms with van der Waals surface area (Å²) in [7, 11) is 0. The molecule has 0 spiro atoms. The number of likely N-dealkylation sites (tertiary alicyclic amines) is 1. The molecule has 1 aromatic heterocycles. The summed E-state index contributed by atoms with van der Waals surface area (Å²) in [6.45, 7) is 5.49. The number of fused-ring (bicyclic) bond motifs is 1. The normalized spacial score (nSPS) is 16.5. The molecule has 0 saturated carbocycles. The molecule has 94 valence electrons. The van der Waals surface area contributed by atoms with Gasteiger partial charge in [0.25, 0.3) is 0 Å². The number of hydrogen-bond acceptors (Lipinski definition) is 3. The maximum atomic E-state index is 5.91. The number of nitrogens with two attached hydrogens (primary N) is 1. The van der Waals surface area contributed by atoms with Gasteiger partial charge >= 0.3 is 0 Å². The summed E-state index contributed by atoms with van der Waals surface area (Å²) in [5, 5.41) is 1.19. The molecule has 1 saturated heterocycles. The molecule has 0 aliphatic carbocycles. The highest BCUT2D eigenvalue weighted by molar-refractivity contribution is 5.86. The lowest BCUT2D eigenvalue weighted by molar-refractivity contribution is 0.331. The standard InChI is InChI=1S/C15H19N3/c1-11-14(16)5-4-13-8-12(9-17-15(11)13)10-18-6-2-3-7-18/h4-5,8-9H,2-3,6-7,10,16H2,1H3. The van der Waals surface area contributed by atoms with Crippen LogP contribution in [-0.2, 0) is 6.54 Å². The van der Waals surface area contributed by atoms with E-state index in [2.05, 4.69) is 22.0 Å². The fraction of sp³-hybridized carbons (Fsp3) is 0.400. The summed E-state index contributed by atoms with van der Waals surface area (Å²) in [5.41, 5.74) is 10.1. The van der Waals surface area contributed by atoms with Crippen molar-refractivity contribution < 1.29 is 0 Å². The lowest BCUT2D eigenvalue weighted by atomic mass is 10.1. The molecule has 0 atom stereocenters. The highest BCUT2D eigenvalue weighted by atomic mass is 15.1. The summed E-state index contributed by atoms with van der Waals surface area (Å²) >= 11 is 0. The van der Waals surface area contributed by atoms with Crippen LogP contribution < -0.4 is 5.73 Å². The minimum atomic E-state index is 0.822. The number of benzene rings is 1. The smallest absolute Gasteiger partial charge is 0.0751 e. The van der Waals surface area contributed by atoms with E-state index in [4.69, 9.17) is 5.73 Å². The maximum absolute atomic E-state index is 5.91. The predicted octanol–water partition coefficient (Wildman–Crippen LogP) is 2.72. The first-order valence-electron chi connectivity index (χ1n) is 6.60. The van der Waals surface area contributed by atoms with E-state index in [1.165, 1.54) is 36.9 Å². The molecule has 1 aliphatic heterocycles. The van der Waals surface area contributed by atoms with Crippen LogP contribution in [0.1, 0.15) is 24.0 Å².